The van der Waals surface area contributed by atoms with Crippen molar-refractivity contribution < 1.29 is 8.42 Å². The number of hydrogen-bond acceptors (Lipinski definition) is 5. The van der Waals surface area contributed by atoms with E-state index >= 15 is 0 Å². The van der Waals surface area contributed by atoms with Crippen molar-refractivity contribution in [1.82, 2.24) is 23.9 Å². The Hall–Kier alpha value is -1.87. The van der Waals surface area contributed by atoms with Crippen molar-refractivity contribution in [3.63, 3.8) is 0 Å². The summed E-state index contributed by atoms with van der Waals surface area (Å²) in [5.74, 6) is 0.0184. The topological polar surface area (TPSA) is 99.0 Å². The molecule has 2 aromatic rings. The summed E-state index contributed by atoms with van der Waals surface area (Å²) in [6.07, 6.45) is 4.85. The fraction of sp³-hybridized carbons (Fsp3) is 0.455. The predicted octanol–water partition coefficient (Wildman–Crippen LogP) is 0.0394. The minimum absolute atomic E-state index is 0.0184. The van der Waals surface area contributed by atoms with Gasteiger partial charge in [0.25, 0.3) is 0 Å². The maximum atomic E-state index is 12.5. The standard InChI is InChI=1S/C11H18N6O2S/c1-4-17-8-10(11(12)14-17)20(18,19)16(3)7-9-5-13-15(2)6-9/h5-6,8H,4,7H2,1-3H3,(H2,12,14). The Morgan fingerprint density at radius 1 is 1.40 bits per heavy atom. The van der Waals surface area contributed by atoms with Crippen LogP contribution in [-0.4, -0.2) is 39.3 Å². The fourth-order valence-corrected chi connectivity index (χ4v) is 3.06. The van der Waals surface area contributed by atoms with E-state index in [-0.39, 0.29) is 17.3 Å². The second kappa shape index (κ2) is 5.25. The van der Waals surface area contributed by atoms with Gasteiger partial charge in [-0.15, -0.1) is 0 Å². The van der Waals surface area contributed by atoms with Crippen molar-refractivity contribution in [3.8, 4) is 0 Å². The summed E-state index contributed by atoms with van der Waals surface area (Å²) in [7, 11) is -0.376. The first-order valence-corrected chi connectivity index (χ1v) is 7.55. The Labute approximate surface area is 117 Å². The van der Waals surface area contributed by atoms with E-state index in [4.69, 9.17) is 5.73 Å². The molecule has 0 fully saturated rings. The third kappa shape index (κ3) is 2.68. The quantitative estimate of drug-likeness (QED) is 0.840. The number of anilines is 1. The van der Waals surface area contributed by atoms with Crippen LogP contribution in [0.25, 0.3) is 0 Å². The number of sulfonamides is 1. The second-order valence-corrected chi connectivity index (χ2v) is 6.53. The van der Waals surface area contributed by atoms with Crippen molar-refractivity contribution in [1.29, 1.82) is 0 Å². The van der Waals surface area contributed by atoms with Crippen LogP contribution in [0.15, 0.2) is 23.5 Å². The monoisotopic (exact) mass is 298 g/mol. The van der Waals surface area contributed by atoms with Crippen LogP contribution >= 0.6 is 0 Å². The van der Waals surface area contributed by atoms with Gasteiger partial charge in [-0.1, -0.05) is 0 Å². The van der Waals surface area contributed by atoms with Gasteiger partial charge in [0.15, 0.2) is 5.82 Å². The molecule has 2 N–H and O–H groups in total. The van der Waals surface area contributed by atoms with Crippen LogP contribution in [0.3, 0.4) is 0 Å². The lowest BCUT2D eigenvalue weighted by atomic mass is 10.4. The summed E-state index contributed by atoms with van der Waals surface area (Å²) in [5.41, 5.74) is 6.49. The highest BCUT2D eigenvalue weighted by atomic mass is 32.2. The number of nitrogen functional groups attached to an aromatic ring is 1. The molecule has 0 bridgehead atoms. The van der Waals surface area contributed by atoms with Crippen molar-refractivity contribution in [2.75, 3.05) is 12.8 Å². The number of nitrogens with zero attached hydrogens (tertiary/aromatic N) is 5. The van der Waals surface area contributed by atoms with Gasteiger partial charge >= 0.3 is 0 Å². The van der Waals surface area contributed by atoms with Crippen molar-refractivity contribution >= 4 is 15.8 Å². The third-order valence-electron chi connectivity index (χ3n) is 2.93. The molecule has 0 aliphatic heterocycles. The first kappa shape index (κ1) is 14.5. The molecule has 0 aliphatic carbocycles. The van der Waals surface area contributed by atoms with Crippen molar-refractivity contribution in [3.05, 3.63) is 24.2 Å². The molecule has 2 heterocycles. The zero-order chi connectivity index (χ0) is 14.9. The van der Waals surface area contributed by atoms with Gasteiger partial charge in [0.05, 0.1) is 6.20 Å². The maximum Gasteiger partial charge on any atom is 0.248 e. The summed E-state index contributed by atoms with van der Waals surface area (Å²) in [4.78, 5) is 0.0331. The van der Waals surface area contributed by atoms with Gasteiger partial charge in [-0.05, 0) is 6.92 Å². The molecule has 0 aromatic carbocycles. The molecule has 0 saturated carbocycles. The number of nitrogens with two attached hydrogens (primary N) is 1. The lowest BCUT2D eigenvalue weighted by molar-refractivity contribution is 0.466. The van der Waals surface area contributed by atoms with E-state index in [1.54, 1.807) is 24.1 Å². The van der Waals surface area contributed by atoms with E-state index in [1.807, 2.05) is 6.92 Å². The van der Waals surface area contributed by atoms with E-state index in [9.17, 15) is 8.42 Å². The molecule has 0 aliphatic rings. The first-order chi connectivity index (χ1) is 9.34. The fourth-order valence-electron chi connectivity index (χ4n) is 1.84. The largest absolute Gasteiger partial charge is 0.381 e. The van der Waals surface area contributed by atoms with Crippen molar-refractivity contribution in [2.45, 2.75) is 24.9 Å². The highest BCUT2D eigenvalue weighted by Crippen LogP contribution is 2.21. The van der Waals surface area contributed by atoms with Gasteiger partial charge in [0, 0.05) is 45.1 Å². The summed E-state index contributed by atoms with van der Waals surface area (Å²) >= 11 is 0. The molecule has 8 nitrogen and oxygen atoms in total. The molecule has 2 aromatic heterocycles. The van der Waals surface area contributed by atoms with Gasteiger partial charge in [0.2, 0.25) is 10.0 Å². The molecule has 0 saturated heterocycles. The molecular formula is C11H18N6O2S. The molecule has 9 heteroatoms. The summed E-state index contributed by atoms with van der Waals surface area (Å²) in [6, 6.07) is 0. The lowest BCUT2D eigenvalue weighted by Crippen LogP contribution is -2.26. The second-order valence-electron chi connectivity index (χ2n) is 4.52. The van der Waals surface area contributed by atoms with E-state index in [0.717, 1.165) is 5.56 Å². The Morgan fingerprint density at radius 2 is 2.10 bits per heavy atom. The minimum atomic E-state index is -3.66. The summed E-state index contributed by atoms with van der Waals surface area (Å²) < 4.78 is 29.3. The molecule has 2 rings (SSSR count). The Bertz CT molecular complexity index is 702. The van der Waals surface area contributed by atoms with Crippen LogP contribution in [-0.2, 0) is 30.2 Å². The molecule has 0 atom stereocenters. The van der Waals surface area contributed by atoms with E-state index < -0.39 is 10.0 Å². The van der Waals surface area contributed by atoms with E-state index in [0.29, 0.717) is 6.54 Å². The van der Waals surface area contributed by atoms with Crippen LogP contribution in [0.1, 0.15) is 12.5 Å². The summed E-state index contributed by atoms with van der Waals surface area (Å²) in [6.45, 7) is 2.65. The number of hydrogen-bond donors (Lipinski definition) is 1. The van der Waals surface area contributed by atoms with Crippen LogP contribution in [0, 0.1) is 0 Å². The number of rotatable bonds is 5. The van der Waals surface area contributed by atoms with E-state index in [1.165, 1.54) is 22.2 Å². The Kier molecular flexibility index (Phi) is 3.82. The van der Waals surface area contributed by atoms with Crippen molar-refractivity contribution in [2.24, 2.45) is 7.05 Å². The summed E-state index contributed by atoms with van der Waals surface area (Å²) in [5, 5.41) is 7.97. The average molecular weight is 298 g/mol. The van der Waals surface area contributed by atoms with Gasteiger partial charge in [-0.25, -0.2) is 8.42 Å². The Balaban J connectivity index is 2.26. The average Bonchev–Trinajstić information content (AvgIpc) is 2.95. The SMILES string of the molecule is CCn1cc(S(=O)(=O)N(C)Cc2cnn(C)c2)c(N)n1. The van der Waals surface area contributed by atoms with Gasteiger partial charge in [0.1, 0.15) is 4.90 Å². The van der Waals surface area contributed by atoms with Crippen LogP contribution in [0.5, 0.6) is 0 Å². The first-order valence-electron chi connectivity index (χ1n) is 6.11. The number of aromatic nitrogens is 4. The lowest BCUT2D eigenvalue weighted by Gasteiger charge is -2.15. The van der Waals surface area contributed by atoms with E-state index in [2.05, 4.69) is 10.2 Å². The van der Waals surface area contributed by atoms with Gasteiger partial charge in [-0.3, -0.25) is 9.36 Å². The third-order valence-corrected chi connectivity index (χ3v) is 4.75. The zero-order valence-corrected chi connectivity index (χ0v) is 12.5. The smallest absolute Gasteiger partial charge is 0.248 e. The molecular weight excluding hydrogens is 280 g/mol. The Morgan fingerprint density at radius 3 is 2.60 bits per heavy atom. The molecule has 0 amide bonds. The van der Waals surface area contributed by atoms with Crippen LogP contribution in [0.4, 0.5) is 5.82 Å². The minimum Gasteiger partial charge on any atom is -0.381 e. The molecule has 0 unspecified atom stereocenters. The number of aryl methyl sites for hydroxylation is 2. The molecule has 0 spiro atoms. The molecule has 110 valence electrons. The highest BCUT2D eigenvalue weighted by molar-refractivity contribution is 7.89. The van der Waals surface area contributed by atoms with Gasteiger partial charge in [-0.2, -0.15) is 14.5 Å². The van der Waals surface area contributed by atoms with Gasteiger partial charge < -0.3 is 5.73 Å². The molecule has 20 heavy (non-hydrogen) atoms. The normalized spacial score (nSPS) is 12.2. The van der Waals surface area contributed by atoms with Crippen LogP contribution in [0.2, 0.25) is 0 Å². The van der Waals surface area contributed by atoms with Crippen LogP contribution < -0.4 is 5.73 Å². The molecule has 0 radical (unpaired) electrons. The maximum absolute atomic E-state index is 12.5. The highest BCUT2D eigenvalue weighted by Gasteiger charge is 2.26. The zero-order valence-electron chi connectivity index (χ0n) is 11.7. The predicted molar refractivity (Wildman–Crippen MR) is 74.2 cm³/mol.